The van der Waals surface area contributed by atoms with Crippen LogP contribution in [0.4, 0.5) is 4.79 Å². The number of aromatic nitrogens is 1. The minimum Gasteiger partial charge on any atom is -0.336 e. The van der Waals surface area contributed by atoms with Crippen molar-refractivity contribution >= 4 is 17.4 Å². The van der Waals surface area contributed by atoms with Crippen molar-refractivity contribution in [3.8, 4) is 0 Å². The summed E-state index contributed by atoms with van der Waals surface area (Å²) in [6, 6.07) is 0.0147. The monoisotopic (exact) mass is 213 g/mol. The number of hydrogen-bond acceptors (Lipinski definition) is 3. The van der Waals surface area contributed by atoms with Crippen molar-refractivity contribution in [2.75, 3.05) is 0 Å². The van der Waals surface area contributed by atoms with Crippen LogP contribution in [-0.2, 0) is 6.54 Å². The molecule has 0 saturated carbocycles. The van der Waals surface area contributed by atoms with Crippen molar-refractivity contribution < 1.29 is 4.79 Å². The van der Waals surface area contributed by atoms with Gasteiger partial charge >= 0.3 is 6.03 Å². The van der Waals surface area contributed by atoms with Crippen LogP contribution in [0.3, 0.4) is 0 Å². The molecule has 0 aromatic carbocycles. The molecular weight excluding hydrogens is 198 g/mol. The molecule has 1 aromatic rings. The van der Waals surface area contributed by atoms with Gasteiger partial charge < -0.3 is 10.6 Å². The maximum Gasteiger partial charge on any atom is 0.315 e. The highest BCUT2D eigenvalue weighted by Gasteiger charge is 2.03. The van der Waals surface area contributed by atoms with E-state index in [1.54, 1.807) is 11.3 Å². The maximum absolute atomic E-state index is 11.2. The van der Waals surface area contributed by atoms with Gasteiger partial charge in [0.1, 0.15) is 5.01 Å². The Morgan fingerprint density at radius 1 is 1.64 bits per heavy atom. The SMILES string of the molecule is Cc1cnc(CNC(=O)NC(C)C)s1. The fraction of sp³-hybridized carbons (Fsp3) is 0.556. The molecule has 0 radical (unpaired) electrons. The first-order valence-corrected chi connectivity index (χ1v) is 5.35. The molecule has 0 aliphatic carbocycles. The van der Waals surface area contributed by atoms with Crippen LogP contribution in [0.1, 0.15) is 23.7 Å². The van der Waals surface area contributed by atoms with Gasteiger partial charge in [0.15, 0.2) is 0 Å². The third-order valence-corrected chi connectivity index (χ3v) is 2.40. The summed E-state index contributed by atoms with van der Waals surface area (Å²) in [7, 11) is 0. The van der Waals surface area contributed by atoms with Crippen molar-refractivity contribution in [3.63, 3.8) is 0 Å². The van der Waals surface area contributed by atoms with Crippen LogP contribution < -0.4 is 10.6 Å². The summed E-state index contributed by atoms with van der Waals surface area (Å²) in [4.78, 5) is 16.5. The average molecular weight is 213 g/mol. The fourth-order valence-electron chi connectivity index (χ4n) is 0.952. The average Bonchev–Trinajstić information content (AvgIpc) is 2.47. The molecule has 0 bridgehead atoms. The molecular formula is C9H15N3OS. The zero-order valence-electron chi connectivity index (χ0n) is 8.63. The molecule has 5 heteroatoms. The first-order chi connectivity index (χ1) is 6.58. The van der Waals surface area contributed by atoms with Crippen LogP contribution >= 0.6 is 11.3 Å². The number of aryl methyl sites for hydroxylation is 1. The molecule has 78 valence electrons. The Morgan fingerprint density at radius 2 is 2.36 bits per heavy atom. The van der Waals surface area contributed by atoms with Crippen LogP contribution in [0.15, 0.2) is 6.20 Å². The van der Waals surface area contributed by atoms with Crippen LogP contribution in [-0.4, -0.2) is 17.1 Å². The van der Waals surface area contributed by atoms with E-state index in [1.165, 1.54) is 0 Å². The highest BCUT2D eigenvalue weighted by Crippen LogP contribution is 2.10. The van der Waals surface area contributed by atoms with Gasteiger partial charge in [-0.15, -0.1) is 11.3 Å². The Kier molecular flexibility index (Phi) is 3.88. The summed E-state index contributed by atoms with van der Waals surface area (Å²) in [6.45, 7) is 6.34. The molecule has 0 fully saturated rings. The lowest BCUT2D eigenvalue weighted by atomic mass is 10.4. The Balaban J connectivity index is 2.30. The van der Waals surface area contributed by atoms with Gasteiger partial charge in [-0.2, -0.15) is 0 Å². The smallest absolute Gasteiger partial charge is 0.315 e. The molecule has 0 aliphatic heterocycles. The Labute approximate surface area is 87.7 Å². The molecule has 0 aliphatic rings. The third-order valence-electron chi connectivity index (χ3n) is 1.49. The molecule has 2 amide bonds. The lowest BCUT2D eigenvalue weighted by Crippen LogP contribution is -2.38. The highest BCUT2D eigenvalue weighted by molar-refractivity contribution is 7.11. The lowest BCUT2D eigenvalue weighted by molar-refractivity contribution is 0.238. The number of urea groups is 1. The van der Waals surface area contributed by atoms with E-state index in [2.05, 4.69) is 15.6 Å². The molecule has 0 atom stereocenters. The van der Waals surface area contributed by atoms with Gasteiger partial charge in [-0.25, -0.2) is 9.78 Å². The number of amides is 2. The molecule has 0 spiro atoms. The molecule has 4 nitrogen and oxygen atoms in total. The van der Waals surface area contributed by atoms with Gasteiger partial charge in [0.25, 0.3) is 0 Å². The second-order valence-corrected chi connectivity index (χ2v) is 4.67. The van der Waals surface area contributed by atoms with E-state index in [0.29, 0.717) is 6.54 Å². The van der Waals surface area contributed by atoms with Gasteiger partial charge in [-0.3, -0.25) is 0 Å². The summed E-state index contributed by atoms with van der Waals surface area (Å²) in [5, 5.41) is 6.42. The third kappa shape index (κ3) is 3.74. The lowest BCUT2D eigenvalue weighted by Gasteiger charge is -2.08. The van der Waals surface area contributed by atoms with E-state index < -0.39 is 0 Å². The number of carbonyl (C=O) groups is 1. The van der Waals surface area contributed by atoms with Gasteiger partial charge in [-0.05, 0) is 20.8 Å². The van der Waals surface area contributed by atoms with Crippen molar-refractivity contribution in [1.82, 2.24) is 15.6 Å². The minimum absolute atomic E-state index is 0.146. The predicted octanol–water partition coefficient (Wildman–Crippen LogP) is 1.66. The van der Waals surface area contributed by atoms with Gasteiger partial charge in [0.05, 0.1) is 6.54 Å². The van der Waals surface area contributed by atoms with Gasteiger partial charge in [0, 0.05) is 17.1 Å². The van der Waals surface area contributed by atoms with E-state index in [9.17, 15) is 4.79 Å². The second kappa shape index (κ2) is 4.95. The topological polar surface area (TPSA) is 54.0 Å². The van der Waals surface area contributed by atoms with Crippen LogP contribution in [0.2, 0.25) is 0 Å². The number of nitrogens with zero attached hydrogens (tertiary/aromatic N) is 1. The first kappa shape index (κ1) is 11.0. The van der Waals surface area contributed by atoms with Crippen molar-refractivity contribution in [3.05, 3.63) is 16.1 Å². The van der Waals surface area contributed by atoms with Crippen molar-refractivity contribution in [2.45, 2.75) is 33.4 Å². The second-order valence-electron chi connectivity index (χ2n) is 3.35. The number of hydrogen-bond donors (Lipinski definition) is 2. The summed E-state index contributed by atoms with van der Waals surface area (Å²) < 4.78 is 0. The minimum atomic E-state index is -0.146. The molecule has 0 saturated heterocycles. The van der Waals surface area contributed by atoms with Crippen molar-refractivity contribution in [2.24, 2.45) is 0 Å². The van der Waals surface area contributed by atoms with Crippen molar-refractivity contribution in [1.29, 1.82) is 0 Å². The highest BCUT2D eigenvalue weighted by atomic mass is 32.1. The van der Waals surface area contributed by atoms with Crippen LogP contribution in [0.25, 0.3) is 0 Å². The molecule has 1 heterocycles. The van der Waals surface area contributed by atoms with Crippen LogP contribution in [0.5, 0.6) is 0 Å². The zero-order valence-corrected chi connectivity index (χ0v) is 9.44. The van der Waals surface area contributed by atoms with Gasteiger partial charge in [0.2, 0.25) is 0 Å². The summed E-state index contributed by atoms with van der Waals surface area (Å²) in [5.74, 6) is 0. The Hall–Kier alpha value is -1.10. The van der Waals surface area contributed by atoms with Crippen LogP contribution in [0, 0.1) is 6.92 Å². The Bertz CT molecular complexity index is 309. The molecule has 14 heavy (non-hydrogen) atoms. The van der Waals surface area contributed by atoms with Gasteiger partial charge in [-0.1, -0.05) is 0 Å². The summed E-state index contributed by atoms with van der Waals surface area (Å²) in [6.07, 6.45) is 1.81. The molecule has 2 N–H and O–H groups in total. The normalized spacial score (nSPS) is 10.3. The van der Waals surface area contributed by atoms with E-state index in [1.807, 2.05) is 27.0 Å². The number of rotatable bonds is 3. The van der Waals surface area contributed by atoms with E-state index in [0.717, 1.165) is 9.88 Å². The largest absolute Gasteiger partial charge is 0.336 e. The number of nitrogens with one attached hydrogen (secondary N) is 2. The van der Waals surface area contributed by atoms with E-state index in [-0.39, 0.29) is 12.1 Å². The molecule has 0 unspecified atom stereocenters. The summed E-state index contributed by atoms with van der Waals surface area (Å²) in [5.41, 5.74) is 0. The number of carbonyl (C=O) groups excluding carboxylic acids is 1. The molecule has 1 rings (SSSR count). The zero-order chi connectivity index (χ0) is 10.6. The molecule has 1 aromatic heterocycles. The summed E-state index contributed by atoms with van der Waals surface area (Å²) >= 11 is 1.59. The van der Waals surface area contributed by atoms with E-state index in [4.69, 9.17) is 0 Å². The quantitative estimate of drug-likeness (QED) is 0.802. The first-order valence-electron chi connectivity index (χ1n) is 4.53. The number of thiazole rings is 1. The van der Waals surface area contributed by atoms with E-state index >= 15 is 0 Å². The Morgan fingerprint density at radius 3 is 2.86 bits per heavy atom. The fourth-order valence-corrected chi connectivity index (χ4v) is 1.68. The standard InChI is InChI=1S/C9H15N3OS/c1-6(2)12-9(13)11-5-8-10-4-7(3)14-8/h4,6H,5H2,1-3H3,(H2,11,12,13). The maximum atomic E-state index is 11.2. The predicted molar refractivity (Wildman–Crippen MR) is 57.4 cm³/mol.